The number of para-hydroxylation sites is 1. The zero-order valence-electron chi connectivity index (χ0n) is 14.4. The van der Waals surface area contributed by atoms with E-state index in [4.69, 9.17) is 4.98 Å². The Labute approximate surface area is 169 Å². The molecule has 1 aromatic heterocycles. The van der Waals surface area contributed by atoms with Crippen LogP contribution in [0, 0.1) is 5.82 Å². The van der Waals surface area contributed by atoms with Crippen LogP contribution in [0.4, 0.5) is 14.9 Å². The maximum Gasteiger partial charge on any atom is 0.322 e. The first-order valence-corrected chi connectivity index (χ1v) is 10.3. The number of nitrogens with one attached hydrogen (secondary N) is 1. The van der Waals surface area contributed by atoms with E-state index in [0.717, 1.165) is 39.3 Å². The van der Waals surface area contributed by atoms with E-state index in [1.807, 2.05) is 34.5 Å². The van der Waals surface area contributed by atoms with Gasteiger partial charge >= 0.3 is 6.03 Å². The third-order valence-electron chi connectivity index (χ3n) is 4.58. The summed E-state index contributed by atoms with van der Waals surface area (Å²) < 4.78 is 14.0. The van der Waals surface area contributed by atoms with Gasteiger partial charge in [-0.1, -0.05) is 12.1 Å². The molecule has 27 heavy (non-hydrogen) atoms. The third kappa shape index (κ3) is 3.89. The predicted octanol–water partition coefficient (Wildman–Crippen LogP) is 6.08. The lowest BCUT2D eigenvalue weighted by Gasteiger charge is -2.23. The number of amides is 2. The van der Waals surface area contributed by atoms with E-state index >= 15 is 0 Å². The van der Waals surface area contributed by atoms with Crippen LogP contribution in [0.2, 0.25) is 0 Å². The largest absolute Gasteiger partial charge is 0.322 e. The third-order valence-corrected chi connectivity index (χ3v) is 6.21. The second-order valence-electron chi connectivity index (χ2n) is 6.34. The lowest BCUT2D eigenvalue weighted by molar-refractivity contribution is 0.207. The van der Waals surface area contributed by atoms with Crippen LogP contribution in [0.25, 0.3) is 11.3 Å². The van der Waals surface area contributed by atoms with Gasteiger partial charge in [0.2, 0.25) is 0 Å². The summed E-state index contributed by atoms with van der Waals surface area (Å²) >= 11 is 5.00. The Kier molecular flexibility index (Phi) is 5.22. The molecule has 3 aromatic rings. The van der Waals surface area contributed by atoms with Crippen LogP contribution in [-0.4, -0.2) is 22.5 Å². The molecule has 0 unspecified atom stereocenters. The highest BCUT2D eigenvalue weighted by atomic mass is 79.9. The molecule has 1 aliphatic rings. The Morgan fingerprint density at radius 2 is 2.00 bits per heavy atom. The van der Waals surface area contributed by atoms with Gasteiger partial charge in [0.1, 0.15) is 10.8 Å². The number of nitrogens with zero attached hydrogens (tertiary/aromatic N) is 2. The Morgan fingerprint density at radius 1 is 1.22 bits per heavy atom. The first-order valence-electron chi connectivity index (χ1n) is 8.65. The highest BCUT2D eigenvalue weighted by Gasteiger charge is 2.32. The normalized spacial score (nSPS) is 16.5. The number of benzene rings is 2. The number of aromatic nitrogens is 1. The summed E-state index contributed by atoms with van der Waals surface area (Å²) in [6.45, 7) is 0.701. The van der Waals surface area contributed by atoms with Crippen molar-refractivity contribution in [3.63, 3.8) is 0 Å². The summed E-state index contributed by atoms with van der Waals surface area (Å²) in [5.41, 5.74) is 2.44. The minimum Gasteiger partial charge on any atom is -0.315 e. The van der Waals surface area contributed by atoms with Gasteiger partial charge in [-0.25, -0.2) is 14.2 Å². The van der Waals surface area contributed by atoms with Gasteiger partial charge in [0.15, 0.2) is 0 Å². The molecule has 0 saturated carbocycles. The molecule has 1 saturated heterocycles. The molecule has 4 nitrogen and oxygen atoms in total. The van der Waals surface area contributed by atoms with E-state index in [2.05, 4.69) is 21.2 Å². The fourth-order valence-electron chi connectivity index (χ4n) is 3.21. The van der Waals surface area contributed by atoms with Gasteiger partial charge < -0.3 is 10.2 Å². The Hall–Kier alpha value is -2.25. The number of anilines is 1. The van der Waals surface area contributed by atoms with Crippen LogP contribution in [0.15, 0.2) is 58.4 Å². The average Bonchev–Trinajstić information content (AvgIpc) is 3.33. The molecule has 0 radical (unpaired) electrons. The second-order valence-corrected chi connectivity index (χ2v) is 8.08. The predicted molar refractivity (Wildman–Crippen MR) is 109 cm³/mol. The standard InChI is InChI=1S/C20H17BrFN3OS/c21-15-4-1-2-5-16(15)24-20(26)25-11-3-6-18(25)19-23-17(12-27-19)13-7-9-14(22)10-8-13/h1-2,4-5,7-10,12,18H,3,6,11H2,(H,24,26)/t18-/m0/s1. The Bertz CT molecular complexity index is 960. The molecule has 2 aromatic carbocycles. The molecule has 7 heteroatoms. The summed E-state index contributed by atoms with van der Waals surface area (Å²) in [5, 5.41) is 5.85. The number of rotatable bonds is 3. The van der Waals surface area contributed by atoms with Crippen molar-refractivity contribution in [2.75, 3.05) is 11.9 Å². The highest BCUT2D eigenvalue weighted by Crippen LogP contribution is 2.36. The fourth-order valence-corrected chi connectivity index (χ4v) is 4.57. The number of carbonyl (C=O) groups is 1. The van der Waals surface area contributed by atoms with Crippen molar-refractivity contribution < 1.29 is 9.18 Å². The molecular weight excluding hydrogens is 429 g/mol. The van der Waals surface area contributed by atoms with Gasteiger partial charge in [-0.15, -0.1) is 11.3 Å². The van der Waals surface area contributed by atoms with E-state index in [1.54, 1.807) is 23.5 Å². The van der Waals surface area contributed by atoms with Crippen molar-refractivity contribution in [2.24, 2.45) is 0 Å². The van der Waals surface area contributed by atoms with E-state index in [1.165, 1.54) is 12.1 Å². The quantitative estimate of drug-likeness (QED) is 0.530. The summed E-state index contributed by atoms with van der Waals surface area (Å²) in [6.07, 6.45) is 1.83. The molecule has 4 rings (SSSR count). The van der Waals surface area contributed by atoms with E-state index < -0.39 is 0 Å². The number of thiazole rings is 1. The molecule has 1 fully saturated rings. The van der Waals surface area contributed by atoms with Crippen molar-refractivity contribution in [1.29, 1.82) is 0 Å². The fraction of sp³-hybridized carbons (Fsp3) is 0.200. The van der Waals surface area contributed by atoms with Crippen LogP contribution >= 0.6 is 27.3 Å². The van der Waals surface area contributed by atoms with Crippen LogP contribution in [0.3, 0.4) is 0 Å². The first kappa shape index (κ1) is 18.1. The van der Waals surface area contributed by atoms with Gasteiger partial charge in [0.25, 0.3) is 0 Å². The second kappa shape index (κ2) is 7.78. The number of hydrogen-bond donors (Lipinski definition) is 1. The first-order chi connectivity index (χ1) is 13.1. The number of likely N-dealkylation sites (tertiary alicyclic amines) is 1. The van der Waals surface area contributed by atoms with E-state index in [0.29, 0.717) is 6.54 Å². The number of carbonyl (C=O) groups excluding carboxylic acids is 1. The SMILES string of the molecule is O=C(Nc1ccccc1Br)N1CCC[C@H]1c1nc(-c2ccc(F)cc2)cs1. The lowest BCUT2D eigenvalue weighted by Crippen LogP contribution is -2.34. The highest BCUT2D eigenvalue weighted by molar-refractivity contribution is 9.10. The minimum atomic E-state index is -0.264. The van der Waals surface area contributed by atoms with Crippen LogP contribution < -0.4 is 5.32 Å². The molecular formula is C20H17BrFN3OS. The summed E-state index contributed by atoms with van der Waals surface area (Å²) in [5.74, 6) is -0.264. The van der Waals surface area contributed by atoms with E-state index in [-0.39, 0.29) is 17.9 Å². The molecule has 1 atom stereocenters. The molecule has 0 spiro atoms. The zero-order chi connectivity index (χ0) is 18.8. The van der Waals surface area contributed by atoms with Gasteiger partial charge in [0.05, 0.1) is 17.4 Å². The maximum atomic E-state index is 13.1. The lowest BCUT2D eigenvalue weighted by atomic mass is 10.2. The van der Waals surface area contributed by atoms with Gasteiger partial charge in [-0.3, -0.25) is 0 Å². The molecule has 0 bridgehead atoms. The topological polar surface area (TPSA) is 45.2 Å². The van der Waals surface area contributed by atoms with Crippen molar-refractivity contribution in [3.05, 3.63) is 69.2 Å². The number of hydrogen-bond acceptors (Lipinski definition) is 3. The minimum absolute atomic E-state index is 0.0355. The number of urea groups is 1. The molecule has 2 heterocycles. The average molecular weight is 446 g/mol. The Balaban J connectivity index is 1.52. The van der Waals surface area contributed by atoms with Crippen molar-refractivity contribution in [2.45, 2.75) is 18.9 Å². The van der Waals surface area contributed by atoms with Crippen molar-refractivity contribution in [3.8, 4) is 11.3 Å². The molecule has 1 N–H and O–H groups in total. The molecule has 0 aliphatic carbocycles. The van der Waals surface area contributed by atoms with Crippen molar-refractivity contribution >= 4 is 39.0 Å². The van der Waals surface area contributed by atoms with Crippen molar-refractivity contribution in [1.82, 2.24) is 9.88 Å². The van der Waals surface area contributed by atoms with Crippen LogP contribution in [0.1, 0.15) is 23.9 Å². The zero-order valence-corrected chi connectivity index (χ0v) is 16.8. The summed E-state index contributed by atoms with van der Waals surface area (Å²) in [4.78, 5) is 19.3. The van der Waals surface area contributed by atoms with Gasteiger partial charge in [-0.2, -0.15) is 0 Å². The summed E-state index contributed by atoms with van der Waals surface area (Å²) in [7, 11) is 0. The smallest absolute Gasteiger partial charge is 0.315 e. The van der Waals surface area contributed by atoms with E-state index in [9.17, 15) is 9.18 Å². The van der Waals surface area contributed by atoms with Gasteiger partial charge in [-0.05, 0) is 65.2 Å². The van der Waals surface area contributed by atoms with Crippen LogP contribution in [-0.2, 0) is 0 Å². The number of halogens is 2. The summed E-state index contributed by atoms with van der Waals surface area (Å²) in [6, 6.07) is 13.7. The van der Waals surface area contributed by atoms with Gasteiger partial charge in [0, 0.05) is 22.0 Å². The maximum absolute atomic E-state index is 13.1. The molecule has 2 amide bonds. The van der Waals surface area contributed by atoms with Crippen LogP contribution in [0.5, 0.6) is 0 Å². The molecule has 1 aliphatic heterocycles. The Morgan fingerprint density at radius 3 is 2.78 bits per heavy atom. The monoisotopic (exact) mass is 445 g/mol. The molecule has 138 valence electrons.